The van der Waals surface area contributed by atoms with Crippen LogP contribution in [-0.4, -0.2) is 66.9 Å². The van der Waals surface area contributed by atoms with E-state index in [0.29, 0.717) is 5.56 Å². The summed E-state index contributed by atoms with van der Waals surface area (Å²) >= 11 is 0. The molecule has 0 spiro atoms. The van der Waals surface area contributed by atoms with E-state index in [1.165, 1.54) is 18.7 Å². The van der Waals surface area contributed by atoms with Gasteiger partial charge in [0, 0.05) is 31.7 Å². The SMILES string of the molecule is Cc1cccc(C(=O)N2CCN(S(=O)(=O)c3c(C)noc3C)C2C(=O)NCCN)c1. The summed E-state index contributed by atoms with van der Waals surface area (Å²) in [4.78, 5) is 27.2. The van der Waals surface area contributed by atoms with E-state index in [0.717, 1.165) is 9.87 Å². The third-order valence-corrected chi connectivity index (χ3v) is 6.97. The Balaban J connectivity index is 2.02. The molecule has 0 saturated carbocycles. The second kappa shape index (κ2) is 8.54. The maximum Gasteiger partial charge on any atom is 0.259 e. The third-order valence-electron chi connectivity index (χ3n) is 4.87. The number of hydrogen-bond acceptors (Lipinski definition) is 7. The normalized spacial score (nSPS) is 17.3. The van der Waals surface area contributed by atoms with Crippen molar-refractivity contribution in [2.75, 3.05) is 26.2 Å². The van der Waals surface area contributed by atoms with Gasteiger partial charge in [-0.25, -0.2) is 8.42 Å². The van der Waals surface area contributed by atoms with Gasteiger partial charge in [-0.1, -0.05) is 22.9 Å². The maximum absolute atomic E-state index is 13.4. The number of amides is 2. The van der Waals surface area contributed by atoms with Gasteiger partial charge in [0.05, 0.1) is 0 Å². The van der Waals surface area contributed by atoms with Crippen molar-refractivity contribution >= 4 is 21.8 Å². The third kappa shape index (κ3) is 3.95. The number of sulfonamides is 1. The van der Waals surface area contributed by atoms with Gasteiger partial charge < -0.3 is 20.5 Å². The monoisotopic (exact) mass is 435 g/mol. The molecule has 162 valence electrons. The molecule has 30 heavy (non-hydrogen) atoms. The van der Waals surface area contributed by atoms with Crippen molar-refractivity contribution in [3.8, 4) is 0 Å². The molecule has 1 atom stereocenters. The van der Waals surface area contributed by atoms with Gasteiger partial charge >= 0.3 is 0 Å². The van der Waals surface area contributed by atoms with Crippen LogP contribution in [0, 0.1) is 20.8 Å². The fourth-order valence-corrected chi connectivity index (χ4v) is 5.37. The Bertz CT molecular complexity index is 1050. The minimum Gasteiger partial charge on any atom is -0.360 e. The molecule has 1 aliphatic rings. The molecule has 1 aliphatic heterocycles. The molecule has 10 nitrogen and oxygen atoms in total. The molecule has 1 unspecified atom stereocenters. The fourth-order valence-electron chi connectivity index (χ4n) is 3.53. The molecule has 1 aromatic heterocycles. The summed E-state index contributed by atoms with van der Waals surface area (Å²) in [5.74, 6) is -0.922. The minimum atomic E-state index is -4.14. The lowest BCUT2D eigenvalue weighted by atomic mass is 10.1. The zero-order chi connectivity index (χ0) is 22.1. The highest BCUT2D eigenvalue weighted by atomic mass is 32.2. The minimum absolute atomic E-state index is 0.0370. The van der Waals surface area contributed by atoms with Crippen LogP contribution in [0.15, 0.2) is 33.7 Å². The van der Waals surface area contributed by atoms with Gasteiger partial charge in [0.2, 0.25) is 0 Å². The van der Waals surface area contributed by atoms with Gasteiger partial charge in [-0.15, -0.1) is 0 Å². The molecule has 11 heteroatoms. The van der Waals surface area contributed by atoms with Crippen LogP contribution in [0.2, 0.25) is 0 Å². The van der Waals surface area contributed by atoms with Crippen LogP contribution in [0.5, 0.6) is 0 Å². The largest absolute Gasteiger partial charge is 0.360 e. The zero-order valence-corrected chi connectivity index (χ0v) is 17.9. The number of nitrogens with two attached hydrogens (primary N) is 1. The summed E-state index contributed by atoms with van der Waals surface area (Å²) in [5.41, 5.74) is 6.92. The van der Waals surface area contributed by atoms with E-state index < -0.39 is 28.0 Å². The van der Waals surface area contributed by atoms with Crippen molar-refractivity contribution in [1.82, 2.24) is 19.7 Å². The average Bonchev–Trinajstić information content (AvgIpc) is 3.29. The summed E-state index contributed by atoms with van der Waals surface area (Å²) < 4.78 is 32.8. The van der Waals surface area contributed by atoms with Crippen LogP contribution in [0.4, 0.5) is 0 Å². The maximum atomic E-state index is 13.4. The van der Waals surface area contributed by atoms with Crippen LogP contribution in [0.3, 0.4) is 0 Å². The van der Waals surface area contributed by atoms with Crippen LogP contribution < -0.4 is 11.1 Å². The van der Waals surface area contributed by atoms with Crippen LogP contribution in [-0.2, 0) is 14.8 Å². The van der Waals surface area contributed by atoms with E-state index in [1.807, 2.05) is 13.0 Å². The number of carbonyl (C=O) groups excluding carboxylic acids is 2. The Morgan fingerprint density at radius 1 is 1.27 bits per heavy atom. The van der Waals surface area contributed by atoms with Gasteiger partial charge in [0.1, 0.15) is 10.6 Å². The number of rotatable bonds is 6. The Kier molecular flexibility index (Phi) is 6.25. The van der Waals surface area contributed by atoms with Gasteiger partial charge in [-0.05, 0) is 32.9 Å². The fraction of sp³-hybridized carbons (Fsp3) is 0.421. The zero-order valence-electron chi connectivity index (χ0n) is 17.1. The standard InChI is InChI=1S/C19H25N5O5S/c1-12-5-4-6-15(11-12)19(26)23-9-10-24(18(23)17(25)21-8-7-20)30(27,28)16-13(2)22-29-14(16)3/h4-6,11,18H,7-10,20H2,1-3H3,(H,21,25). The first kappa shape index (κ1) is 21.9. The number of carbonyl (C=O) groups is 2. The lowest BCUT2D eigenvalue weighted by Gasteiger charge is -2.28. The van der Waals surface area contributed by atoms with E-state index in [4.69, 9.17) is 10.3 Å². The summed E-state index contributed by atoms with van der Waals surface area (Å²) in [6, 6.07) is 6.92. The molecule has 1 aromatic carbocycles. The molecule has 1 fully saturated rings. The molecule has 1 saturated heterocycles. The first-order chi connectivity index (χ1) is 14.2. The number of benzene rings is 1. The Morgan fingerprint density at radius 3 is 2.60 bits per heavy atom. The van der Waals surface area contributed by atoms with Crippen molar-refractivity contribution in [1.29, 1.82) is 0 Å². The average molecular weight is 436 g/mol. The van der Waals surface area contributed by atoms with Gasteiger partial charge in [0.15, 0.2) is 11.9 Å². The Morgan fingerprint density at radius 2 is 2.00 bits per heavy atom. The molecule has 2 aromatic rings. The van der Waals surface area contributed by atoms with E-state index in [9.17, 15) is 18.0 Å². The second-order valence-electron chi connectivity index (χ2n) is 7.09. The quantitative estimate of drug-likeness (QED) is 0.658. The van der Waals surface area contributed by atoms with E-state index in [2.05, 4.69) is 10.5 Å². The molecule has 0 radical (unpaired) electrons. The van der Waals surface area contributed by atoms with Crippen molar-refractivity contribution in [3.05, 3.63) is 46.8 Å². The predicted molar refractivity (Wildman–Crippen MR) is 108 cm³/mol. The number of aromatic nitrogens is 1. The highest BCUT2D eigenvalue weighted by Gasteiger charge is 2.48. The predicted octanol–water partition coefficient (Wildman–Crippen LogP) is 0.148. The number of nitrogens with zero attached hydrogens (tertiary/aromatic N) is 3. The van der Waals surface area contributed by atoms with Crippen molar-refractivity contribution in [3.63, 3.8) is 0 Å². The van der Waals surface area contributed by atoms with Gasteiger partial charge in [-0.2, -0.15) is 4.31 Å². The lowest BCUT2D eigenvalue weighted by Crippen LogP contribution is -2.54. The first-order valence-corrected chi connectivity index (χ1v) is 10.9. The van der Waals surface area contributed by atoms with Gasteiger partial charge in [0.25, 0.3) is 21.8 Å². The van der Waals surface area contributed by atoms with E-state index in [-0.39, 0.29) is 42.5 Å². The summed E-state index contributed by atoms with van der Waals surface area (Å²) in [6.07, 6.45) is -1.34. The highest BCUT2D eigenvalue weighted by molar-refractivity contribution is 7.89. The van der Waals surface area contributed by atoms with Crippen molar-refractivity contribution in [2.45, 2.75) is 31.8 Å². The first-order valence-electron chi connectivity index (χ1n) is 9.48. The lowest BCUT2D eigenvalue weighted by molar-refractivity contribution is -0.127. The number of aryl methyl sites for hydroxylation is 3. The molecular weight excluding hydrogens is 410 g/mol. The highest BCUT2D eigenvalue weighted by Crippen LogP contribution is 2.29. The number of hydrogen-bond donors (Lipinski definition) is 2. The summed E-state index contributed by atoms with van der Waals surface area (Å²) in [5, 5.41) is 6.30. The topological polar surface area (TPSA) is 139 Å². The number of nitrogens with one attached hydrogen (secondary N) is 1. The molecular formula is C19H25N5O5S. The van der Waals surface area contributed by atoms with Crippen molar-refractivity contribution in [2.24, 2.45) is 5.73 Å². The second-order valence-corrected chi connectivity index (χ2v) is 8.92. The Hall–Kier alpha value is -2.76. The molecule has 3 rings (SSSR count). The van der Waals surface area contributed by atoms with Crippen LogP contribution in [0.25, 0.3) is 0 Å². The summed E-state index contributed by atoms with van der Waals surface area (Å²) in [6.45, 7) is 5.21. The van der Waals surface area contributed by atoms with E-state index >= 15 is 0 Å². The van der Waals surface area contributed by atoms with Crippen molar-refractivity contribution < 1.29 is 22.5 Å². The molecule has 3 N–H and O–H groups in total. The molecule has 0 aliphatic carbocycles. The summed E-state index contributed by atoms with van der Waals surface area (Å²) in [7, 11) is -4.14. The molecule has 2 amide bonds. The van der Waals surface area contributed by atoms with Gasteiger partial charge in [-0.3, -0.25) is 9.59 Å². The van der Waals surface area contributed by atoms with E-state index in [1.54, 1.807) is 18.2 Å². The molecule has 2 heterocycles. The Labute approximate surface area is 175 Å². The van der Waals surface area contributed by atoms with Crippen LogP contribution in [0.1, 0.15) is 27.4 Å². The van der Waals surface area contributed by atoms with Crippen LogP contribution >= 0.6 is 0 Å². The smallest absolute Gasteiger partial charge is 0.259 e. The molecule has 0 bridgehead atoms.